The number of aromatic nitrogens is 1. The van der Waals surface area contributed by atoms with Gasteiger partial charge in [-0.25, -0.2) is 4.98 Å². The number of nitro groups is 1. The number of hydrogen-bond donors (Lipinski definition) is 1. The predicted octanol–water partition coefficient (Wildman–Crippen LogP) is 3.01. The number of benzene rings is 1. The fourth-order valence-corrected chi connectivity index (χ4v) is 2.09. The van der Waals surface area contributed by atoms with Crippen LogP contribution in [-0.2, 0) is 0 Å². The maximum absolute atomic E-state index is 12.1. The molecule has 8 heteroatoms. The molecule has 0 aliphatic heterocycles. The van der Waals surface area contributed by atoms with Crippen LogP contribution in [0.25, 0.3) is 0 Å². The van der Waals surface area contributed by atoms with E-state index in [9.17, 15) is 14.9 Å². The Balaban J connectivity index is 2.28. The zero-order chi connectivity index (χ0) is 15.4. The average Bonchev–Trinajstić information content (AvgIpc) is 2.47. The van der Waals surface area contributed by atoms with Gasteiger partial charge in [0.25, 0.3) is 5.91 Å². The van der Waals surface area contributed by atoms with Crippen molar-refractivity contribution in [3.8, 4) is 5.75 Å². The molecule has 7 nitrogen and oxygen atoms in total. The predicted molar refractivity (Wildman–Crippen MR) is 79.5 cm³/mol. The van der Waals surface area contributed by atoms with Gasteiger partial charge in [0.1, 0.15) is 4.60 Å². The number of carbonyl (C=O) groups is 1. The molecule has 108 valence electrons. The lowest BCUT2D eigenvalue weighted by atomic mass is 10.2. The van der Waals surface area contributed by atoms with Crippen LogP contribution in [0.3, 0.4) is 0 Å². The molecule has 2 aromatic rings. The Bertz CT molecular complexity index is 706. The highest BCUT2D eigenvalue weighted by Gasteiger charge is 2.17. The fraction of sp³-hybridized carbons (Fsp3) is 0.0769. The van der Waals surface area contributed by atoms with Crippen LogP contribution in [-0.4, -0.2) is 22.9 Å². The third-order valence-corrected chi connectivity index (χ3v) is 3.27. The van der Waals surface area contributed by atoms with Crippen LogP contribution in [0.2, 0.25) is 0 Å². The van der Waals surface area contributed by atoms with Gasteiger partial charge in [-0.05, 0) is 40.2 Å². The number of methoxy groups -OCH3 is 1. The normalized spacial score (nSPS) is 10.0. The minimum absolute atomic E-state index is 0.126. The highest BCUT2D eigenvalue weighted by atomic mass is 79.9. The van der Waals surface area contributed by atoms with Gasteiger partial charge in [-0.3, -0.25) is 14.9 Å². The standard InChI is InChI=1S/C13H10BrN3O4/c1-21-11-5-4-8(7-10(11)17(19)20)16-13(18)9-3-2-6-15-12(9)14/h2-7H,1H3,(H,16,18). The Hall–Kier alpha value is -2.48. The second-order valence-corrected chi connectivity index (χ2v) is 4.69. The van der Waals surface area contributed by atoms with E-state index < -0.39 is 10.8 Å². The Morgan fingerprint density at radius 3 is 2.81 bits per heavy atom. The number of anilines is 1. The fourth-order valence-electron chi connectivity index (χ4n) is 1.66. The summed E-state index contributed by atoms with van der Waals surface area (Å²) in [5.74, 6) is -0.296. The first kappa shape index (κ1) is 14.9. The third-order valence-electron chi connectivity index (χ3n) is 2.64. The maximum atomic E-state index is 12.1. The van der Waals surface area contributed by atoms with Crippen molar-refractivity contribution in [1.82, 2.24) is 4.98 Å². The largest absolute Gasteiger partial charge is 0.490 e. The molecule has 0 fully saturated rings. The molecular weight excluding hydrogens is 342 g/mol. The van der Waals surface area contributed by atoms with E-state index in [1.165, 1.54) is 25.3 Å². The second-order valence-electron chi connectivity index (χ2n) is 3.94. The zero-order valence-electron chi connectivity index (χ0n) is 10.9. The summed E-state index contributed by atoms with van der Waals surface area (Å²) < 4.78 is 5.29. The first-order valence-corrected chi connectivity index (χ1v) is 6.56. The van der Waals surface area contributed by atoms with Crippen LogP contribution in [0.4, 0.5) is 11.4 Å². The molecule has 0 atom stereocenters. The number of nitro benzene ring substituents is 1. The molecule has 1 heterocycles. The molecule has 0 unspecified atom stereocenters. The van der Waals surface area contributed by atoms with Crippen molar-refractivity contribution in [3.63, 3.8) is 0 Å². The van der Waals surface area contributed by atoms with Gasteiger partial charge in [0.05, 0.1) is 17.6 Å². The van der Waals surface area contributed by atoms with Crippen molar-refractivity contribution in [2.75, 3.05) is 12.4 Å². The molecule has 1 amide bonds. The van der Waals surface area contributed by atoms with E-state index in [1.54, 1.807) is 18.3 Å². The van der Waals surface area contributed by atoms with Crippen molar-refractivity contribution in [2.24, 2.45) is 0 Å². The maximum Gasteiger partial charge on any atom is 0.312 e. The molecule has 0 aliphatic rings. The number of pyridine rings is 1. The van der Waals surface area contributed by atoms with E-state index in [0.717, 1.165) is 0 Å². The van der Waals surface area contributed by atoms with Crippen LogP contribution in [0, 0.1) is 10.1 Å². The van der Waals surface area contributed by atoms with Crippen molar-refractivity contribution in [3.05, 3.63) is 56.8 Å². The van der Waals surface area contributed by atoms with Gasteiger partial charge in [-0.15, -0.1) is 0 Å². The Morgan fingerprint density at radius 2 is 2.19 bits per heavy atom. The Morgan fingerprint density at radius 1 is 1.43 bits per heavy atom. The average molecular weight is 352 g/mol. The van der Waals surface area contributed by atoms with Gasteiger partial charge >= 0.3 is 5.69 Å². The van der Waals surface area contributed by atoms with Crippen LogP contribution >= 0.6 is 15.9 Å². The van der Waals surface area contributed by atoms with Crippen LogP contribution in [0.15, 0.2) is 41.1 Å². The monoisotopic (exact) mass is 351 g/mol. The molecule has 0 aliphatic carbocycles. The van der Waals surface area contributed by atoms with Crippen LogP contribution in [0.5, 0.6) is 5.75 Å². The van der Waals surface area contributed by atoms with Gasteiger partial charge in [0.15, 0.2) is 5.75 Å². The molecule has 2 rings (SSSR count). The van der Waals surface area contributed by atoms with E-state index in [2.05, 4.69) is 26.2 Å². The summed E-state index contributed by atoms with van der Waals surface area (Å²) in [6.45, 7) is 0. The molecule has 0 bridgehead atoms. The number of carbonyl (C=O) groups excluding carboxylic acids is 1. The lowest BCUT2D eigenvalue weighted by Crippen LogP contribution is -2.13. The molecule has 0 saturated heterocycles. The van der Waals surface area contributed by atoms with E-state index in [-0.39, 0.29) is 11.4 Å². The van der Waals surface area contributed by atoms with Crippen LogP contribution in [0.1, 0.15) is 10.4 Å². The molecule has 1 aromatic carbocycles. The van der Waals surface area contributed by atoms with Gasteiger partial charge in [-0.2, -0.15) is 0 Å². The summed E-state index contributed by atoms with van der Waals surface area (Å²) in [7, 11) is 1.34. The molecule has 0 radical (unpaired) electrons. The van der Waals surface area contributed by atoms with Crippen molar-refractivity contribution in [1.29, 1.82) is 0 Å². The Kier molecular flexibility index (Phi) is 4.49. The zero-order valence-corrected chi connectivity index (χ0v) is 12.5. The molecule has 21 heavy (non-hydrogen) atoms. The molecule has 0 saturated carbocycles. The van der Waals surface area contributed by atoms with Crippen LogP contribution < -0.4 is 10.1 Å². The third kappa shape index (κ3) is 3.34. The number of rotatable bonds is 4. The summed E-state index contributed by atoms with van der Waals surface area (Å²) >= 11 is 3.17. The number of hydrogen-bond acceptors (Lipinski definition) is 5. The number of nitrogens with zero attached hydrogens (tertiary/aromatic N) is 2. The van der Waals surface area contributed by atoms with E-state index in [0.29, 0.717) is 15.9 Å². The minimum atomic E-state index is -0.575. The number of nitrogens with one attached hydrogen (secondary N) is 1. The topological polar surface area (TPSA) is 94.4 Å². The molecule has 1 N–H and O–H groups in total. The molecular formula is C13H10BrN3O4. The lowest BCUT2D eigenvalue weighted by molar-refractivity contribution is -0.385. The van der Waals surface area contributed by atoms with Crippen molar-refractivity contribution >= 4 is 33.2 Å². The number of amides is 1. The summed E-state index contributed by atoms with van der Waals surface area (Å²) in [6.07, 6.45) is 1.54. The van der Waals surface area contributed by atoms with Crippen molar-refractivity contribution in [2.45, 2.75) is 0 Å². The van der Waals surface area contributed by atoms with Gasteiger partial charge < -0.3 is 10.1 Å². The first-order valence-electron chi connectivity index (χ1n) is 5.77. The van der Waals surface area contributed by atoms with Crippen molar-refractivity contribution < 1.29 is 14.5 Å². The Labute approximate surface area is 128 Å². The van der Waals surface area contributed by atoms with E-state index >= 15 is 0 Å². The van der Waals surface area contributed by atoms with Gasteiger partial charge in [0.2, 0.25) is 0 Å². The van der Waals surface area contributed by atoms with E-state index in [4.69, 9.17) is 4.74 Å². The summed E-state index contributed by atoms with van der Waals surface area (Å²) in [4.78, 5) is 26.4. The molecule has 0 spiro atoms. The minimum Gasteiger partial charge on any atom is -0.490 e. The first-order chi connectivity index (χ1) is 10.0. The summed E-state index contributed by atoms with van der Waals surface area (Å²) in [5, 5.41) is 13.5. The smallest absolute Gasteiger partial charge is 0.312 e. The number of halogens is 1. The lowest BCUT2D eigenvalue weighted by Gasteiger charge is -2.07. The highest BCUT2D eigenvalue weighted by Crippen LogP contribution is 2.30. The highest BCUT2D eigenvalue weighted by molar-refractivity contribution is 9.10. The number of ether oxygens (including phenoxy) is 1. The summed E-state index contributed by atoms with van der Waals surface area (Å²) in [5.41, 5.74) is 0.403. The van der Waals surface area contributed by atoms with E-state index in [1.807, 2.05) is 0 Å². The molecule has 1 aromatic heterocycles. The second kappa shape index (κ2) is 6.31. The van der Waals surface area contributed by atoms with Gasteiger partial charge in [-0.1, -0.05) is 0 Å². The summed E-state index contributed by atoms with van der Waals surface area (Å²) in [6, 6.07) is 7.39. The quantitative estimate of drug-likeness (QED) is 0.519. The SMILES string of the molecule is COc1ccc(NC(=O)c2cccnc2Br)cc1[N+](=O)[O-]. The van der Waals surface area contributed by atoms with Gasteiger partial charge in [0, 0.05) is 18.0 Å².